The summed E-state index contributed by atoms with van der Waals surface area (Å²) < 4.78 is 10.5. The molecular weight excluding hydrogens is 408 g/mol. The van der Waals surface area contributed by atoms with Crippen LogP contribution in [0.25, 0.3) is 10.8 Å². The Balaban J connectivity index is 1.78. The number of nitrogens with one attached hydrogen (secondary N) is 1. The number of aromatic nitrogens is 2. The number of rotatable bonds is 6. The van der Waals surface area contributed by atoms with Crippen LogP contribution in [0.4, 0.5) is 16.2 Å². The number of aromatic amines is 1. The van der Waals surface area contributed by atoms with Crippen LogP contribution in [0.5, 0.6) is 11.5 Å². The lowest BCUT2D eigenvalue weighted by atomic mass is 10.0. The molecule has 0 saturated heterocycles. The molecule has 0 atom stereocenters. The third-order valence-electron chi connectivity index (χ3n) is 5.15. The van der Waals surface area contributed by atoms with Crippen LogP contribution in [0, 0.1) is 0 Å². The van der Waals surface area contributed by atoms with Crippen molar-refractivity contribution in [2.24, 2.45) is 5.73 Å². The maximum Gasteiger partial charge on any atom is 0.323 e. The SMILES string of the molecule is COc1cccc(Cc2n[nH]c(=O)c3cc(N(C(N)=O)c4cccc(OC)c4)ccc23)c1. The Kier molecular flexibility index (Phi) is 5.76. The summed E-state index contributed by atoms with van der Waals surface area (Å²) in [6, 6.07) is 19.1. The summed E-state index contributed by atoms with van der Waals surface area (Å²) in [5, 5.41) is 7.90. The molecule has 0 aliphatic rings. The average molecular weight is 430 g/mol. The molecule has 0 radical (unpaired) electrons. The van der Waals surface area contributed by atoms with E-state index in [-0.39, 0.29) is 5.56 Å². The molecule has 8 nitrogen and oxygen atoms in total. The van der Waals surface area contributed by atoms with Gasteiger partial charge >= 0.3 is 6.03 Å². The number of anilines is 2. The summed E-state index contributed by atoms with van der Waals surface area (Å²) in [6.07, 6.45) is 0.499. The highest BCUT2D eigenvalue weighted by Crippen LogP contribution is 2.30. The van der Waals surface area contributed by atoms with Gasteiger partial charge in [-0.3, -0.25) is 9.69 Å². The Morgan fingerprint density at radius 3 is 2.34 bits per heavy atom. The molecule has 4 aromatic rings. The molecule has 0 aliphatic carbocycles. The first-order chi connectivity index (χ1) is 15.5. The minimum atomic E-state index is -0.681. The highest BCUT2D eigenvalue weighted by molar-refractivity contribution is 6.01. The van der Waals surface area contributed by atoms with E-state index in [0.717, 1.165) is 11.3 Å². The second-order valence-corrected chi connectivity index (χ2v) is 7.13. The molecule has 0 bridgehead atoms. The Bertz CT molecular complexity index is 1350. The number of fused-ring (bicyclic) bond motifs is 1. The second kappa shape index (κ2) is 8.81. The monoisotopic (exact) mass is 430 g/mol. The summed E-state index contributed by atoms with van der Waals surface area (Å²) >= 11 is 0. The number of ether oxygens (including phenoxy) is 2. The largest absolute Gasteiger partial charge is 0.497 e. The number of amides is 2. The van der Waals surface area contributed by atoms with Crippen molar-refractivity contribution in [2.45, 2.75) is 6.42 Å². The minimum absolute atomic E-state index is 0.355. The molecule has 0 spiro atoms. The molecule has 3 aromatic carbocycles. The lowest BCUT2D eigenvalue weighted by molar-refractivity contribution is 0.256. The molecular formula is C24H22N4O4. The summed E-state index contributed by atoms with van der Waals surface area (Å²) in [7, 11) is 3.15. The smallest absolute Gasteiger partial charge is 0.323 e. The van der Waals surface area contributed by atoms with Gasteiger partial charge in [0.15, 0.2) is 0 Å². The van der Waals surface area contributed by atoms with E-state index in [4.69, 9.17) is 15.2 Å². The summed E-state index contributed by atoms with van der Waals surface area (Å²) in [4.78, 5) is 26.2. The Labute approximate surface area is 184 Å². The third kappa shape index (κ3) is 4.11. The number of nitrogens with two attached hydrogens (primary N) is 1. The van der Waals surface area contributed by atoms with Crippen molar-refractivity contribution in [3.63, 3.8) is 0 Å². The topological polar surface area (TPSA) is 111 Å². The van der Waals surface area contributed by atoms with Gasteiger partial charge in [-0.1, -0.05) is 24.3 Å². The van der Waals surface area contributed by atoms with Crippen LogP contribution in [-0.4, -0.2) is 30.4 Å². The van der Waals surface area contributed by atoms with Crippen molar-refractivity contribution in [3.05, 3.63) is 88.3 Å². The van der Waals surface area contributed by atoms with Gasteiger partial charge in [0.1, 0.15) is 11.5 Å². The van der Waals surface area contributed by atoms with Crippen molar-refractivity contribution in [2.75, 3.05) is 19.1 Å². The van der Waals surface area contributed by atoms with Crippen LogP contribution in [0.15, 0.2) is 71.5 Å². The molecule has 3 N–H and O–H groups in total. The van der Waals surface area contributed by atoms with Crippen LogP contribution in [-0.2, 0) is 6.42 Å². The Morgan fingerprint density at radius 1 is 0.938 bits per heavy atom. The summed E-state index contributed by atoms with van der Waals surface area (Å²) in [6.45, 7) is 0. The van der Waals surface area contributed by atoms with Crippen LogP contribution in [0.1, 0.15) is 11.3 Å². The molecule has 0 aliphatic heterocycles. The fourth-order valence-corrected chi connectivity index (χ4v) is 3.61. The van der Waals surface area contributed by atoms with Gasteiger partial charge in [0.05, 0.1) is 36.7 Å². The van der Waals surface area contributed by atoms with E-state index in [2.05, 4.69) is 10.2 Å². The number of urea groups is 1. The fourth-order valence-electron chi connectivity index (χ4n) is 3.61. The number of hydrogen-bond donors (Lipinski definition) is 2. The predicted octanol–water partition coefficient (Wildman–Crippen LogP) is 3.75. The van der Waals surface area contributed by atoms with Gasteiger partial charge in [-0.2, -0.15) is 5.10 Å². The zero-order chi connectivity index (χ0) is 22.7. The van der Waals surface area contributed by atoms with Gasteiger partial charge in [-0.05, 0) is 42.0 Å². The van der Waals surface area contributed by atoms with E-state index < -0.39 is 6.03 Å². The Morgan fingerprint density at radius 2 is 1.62 bits per heavy atom. The number of carbonyl (C=O) groups excluding carboxylic acids is 1. The molecule has 1 heterocycles. The molecule has 1 aromatic heterocycles. The minimum Gasteiger partial charge on any atom is -0.497 e. The van der Waals surface area contributed by atoms with Gasteiger partial charge in [0.25, 0.3) is 5.56 Å². The first-order valence-electron chi connectivity index (χ1n) is 9.88. The van der Waals surface area contributed by atoms with E-state index in [9.17, 15) is 9.59 Å². The van der Waals surface area contributed by atoms with Crippen molar-refractivity contribution in [1.82, 2.24) is 10.2 Å². The number of benzene rings is 3. The lowest BCUT2D eigenvalue weighted by Crippen LogP contribution is -2.31. The van der Waals surface area contributed by atoms with Gasteiger partial charge < -0.3 is 15.2 Å². The molecule has 4 rings (SSSR count). The van der Waals surface area contributed by atoms with E-state index in [1.807, 2.05) is 24.3 Å². The highest BCUT2D eigenvalue weighted by atomic mass is 16.5. The van der Waals surface area contributed by atoms with Gasteiger partial charge in [0.2, 0.25) is 0 Å². The van der Waals surface area contributed by atoms with Crippen molar-refractivity contribution < 1.29 is 14.3 Å². The quantitative estimate of drug-likeness (QED) is 0.484. The first-order valence-corrected chi connectivity index (χ1v) is 9.88. The number of nitrogens with zero attached hydrogens (tertiary/aromatic N) is 2. The second-order valence-electron chi connectivity index (χ2n) is 7.13. The molecule has 8 heteroatoms. The maximum atomic E-state index is 12.6. The number of carbonyl (C=O) groups is 1. The number of H-pyrrole nitrogens is 1. The normalized spacial score (nSPS) is 10.7. The van der Waals surface area contributed by atoms with E-state index in [1.54, 1.807) is 56.7 Å². The van der Waals surface area contributed by atoms with Gasteiger partial charge in [-0.25, -0.2) is 9.89 Å². The predicted molar refractivity (Wildman–Crippen MR) is 123 cm³/mol. The van der Waals surface area contributed by atoms with Crippen LogP contribution in [0.2, 0.25) is 0 Å². The van der Waals surface area contributed by atoms with Gasteiger partial charge in [-0.15, -0.1) is 0 Å². The lowest BCUT2D eigenvalue weighted by Gasteiger charge is -2.21. The number of primary amides is 1. The molecule has 32 heavy (non-hydrogen) atoms. The van der Waals surface area contributed by atoms with Crippen LogP contribution < -0.4 is 25.7 Å². The van der Waals surface area contributed by atoms with Gasteiger partial charge in [0, 0.05) is 17.9 Å². The van der Waals surface area contributed by atoms with E-state index >= 15 is 0 Å². The zero-order valence-electron chi connectivity index (χ0n) is 17.7. The Hall–Kier alpha value is -4.33. The fraction of sp³-hybridized carbons (Fsp3) is 0.125. The first kappa shape index (κ1) is 20.9. The molecule has 0 unspecified atom stereocenters. The average Bonchev–Trinajstić information content (AvgIpc) is 2.81. The van der Waals surface area contributed by atoms with E-state index in [1.165, 1.54) is 4.90 Å². The van der Waals surface area contributed by atoms with Crippen molar-refractivity contribution in [1.29, 1.82) is 0 Å². The molecule has 162 valence electrons. The van der Waals surface area contributed by atoms with Crippen LogP contribution >= 0.6 is 0 Å². The summed E-state index contributed by atoms with van der Waals surface area (Å²) in [5.41, 5.74) is 7.99. The van der Waals surface area contributed by atoms with Crippen molar-refractivity contribution in [3.8, 4) is 11.5 Å². The molecule has 0 saturated carbocycles. The zero-order valence-corrected chi connectivity index (χ0v) is 17.7. The van der Waals surface area contributed by atoms with Crippen LogP contribution in [0.3, 0.4) is 0 Å². The van der Waals surface area contributed by atoms with E-state index in [0.29, 0.717) is 40.0 Å². The molecule has 0 fully saturated rings. The number of hydrogen-bond acceptors (Lipinski definition) is 5. The number of methoxy groups -OCH3 is 2. The standard InChI is InChI=1S/C24H22N4O4/c1-31-18-7-3-5-15(11-18)12-22-20-10-9-17(14-21(20)23(29)27-26-22)28(24(25)30)16-6-4-8-19(13-16)32-2/h3-11,13-14H,12H2,1-2H3,(H2,25,30)(H,27,29). The third-order valence-corrected chi connectivity index (χ3v) is 5.15. The highest BCUT2D eigenvalue weighted by Gasteiger charge is 2.18. The summed E-state index contributed by atoms with van der Waals surface area (Å²) in [5.74, 6) is 1.33. The van der Waals surface area contributed by atoms with Crippen molar-refractivity contribution >= 4 is 28.2 Å². The molecule has 2 amide bonds. The maximum absolute atomic E-state index is 12.6.